The maximum absolute atomic E-state index is 11.8. The van der Waals surface area contributed by atoms with Crippen LogP contribution in [0.3, 0.4) is 0 Å². The second kappa shape index (κ2) is 9.79. The second-order valence-electron chi connectivity index (χ2n) is 5.50. The van der Waals surface area contributed by atoms with Crippen molar-refractivity contribution in [1.82, 2.24) is 10.6 Å². The first-order chi connectivity index (χ1) is 12.1. The van der Waals surface area contributed by atoms with E-state index in [1.165, 1.54) is 0 Å². The van der Waals surface area contributed by atoms with Crippen LogP contribution in [0, 0.1) is 0 Å². The molecule has 5 nitrogen and oxygen atoms in total. The zero-order valence-corrected chi connectivity index (χ0v) is 15.2. The summed E-state index contributed by atoms with van der Waals surface area (Å²) >= 11 is 5.94. The van der Waals surface area contributed by atoms with Crippen LogP contribution in [0.1, 0.15) is 11.1 Å². The van der Waals surface area contributed by atoms with Crippen molar-refractivity contribution in [2.24, 2.45) is 0 Å². The Labute approximate surface area is 153 Å². The Kier molecular flexibility index (Phi) is 7.41. The van der Waals surface area contributed by atoms with Crippen LogP contribution in [-0.2, 0) is 12.8 Å². The van der Waals surface area contributed by atoms with Crippen LogP contribution in [0.4, 0.5) is 4.79 Å². The first-order valence-electron chi connectivity index (χ1n) is 8.09. The standard InChI is InChI=1S/C19H23ClN2O3/c1-24-17-7-6-15(13-18(17)25-2)9-11-22-19(23)21-10-8-14-4-3-5-16(20)12-14/h3-7,12-13H,8-11H2,1-2H3,(H2,21,22,23). The number of hydrogen-bond donors (Lipinski definition) is 2. The summed E-state index contributed by atoms with van der Waals surface area (Å²) in [4.78, 5) is 11.8. The number of amides is 2. The lowest BCUT2D eigenvalue weighted by atomic mass is 10.1. The number of nitrogens with one attached hydrogen (secondary N) is 2. The predicted molar refractivity (Wildman–Crippen MR) is 99.8 cm³/mol. The number of halogens is 1. The van der Waals surface area contributed by atoms with Crippen LogP contribution in [-0.4, -0.2) is 33.3 Å². The largest absolute Gasteiger partial charge is 0.493 e. The van der Waals surface area contributed by atoms with E-state index >= 15 is 0 Å². The van der Waals surface area contributed by atoms with Gasteiger partial charge < -0.3 is 20.1 Å². The van der Waals surface area contributed by atoms with Gasteiger partial charge in [0.2, 0.25) is 0 Å². The molecular weight excluding hydrogens is 340 g/mol. The van der Waals surface area contributed by atoms with Gasteiger partial charge in [0.15, 0.2) is 11.5 Å². The van der Waals surface area contributed by atoms with Crippen molar-refractivity contribution >= 4 is 17.6 Å². The zero-order valence-electron chi connectivity index (χ0n) is 14.5. The summed E-state index contributed by atoms with van der Waals surface area (Å²) in [6, 6.07) is 13.2. The van der Waals surface area contributed by atoms with Crippen LogP contribution in [0.5, 0.6) is 11.5 Å². The minimum Gasteiger partial charge on any atom is -0.493 e. The van der Waals surface area contributed by atoms with E-state index in [1.807, 2.05) is 42.5 Å². The lowest BCUT2D eigenvalue weighted by Gasteiger charge is -2.10. The summed E-state index contributed by atoms with van der Waals surface area (Å²) in [5.74, 6) is 1.38. The molecule has 0 atom stereocenters. The van der Waals surface area contributed by atoms with Gasteiger partial charge in [0.25, 0.3) is 0 Å². The van der Waals surface area contributed by atoms with E-state index < -0.39 is 0 Å². The van der Waals surface area contributed by atoms with Crippen molar-refractivity contribution in [3.8, 4) is 11.5 Å². The molecule has 0 fully saturated rings. The molecule has 0 aromatic heterocycles. The summed E-state index contributed by atoms with van der Waals surface area (Å²) < 4.78 is 10.5. The van der Waals surface area contributed by atoms with Crippen molar-refractivity contribution in [3.63, 3.8) is 0 Å². The SMILES string of the molecule is COc1ccc(CCNC(=O)NCCc2cccc(Cl)c2)cc1OC. The van der Waals surface area contributed by atoms with E-state index in [-0.39, 0.29) is 6.03 Å². The Bertz CT molecular complexity index is 707. The molecule has 0 saturated heterocycles. The van der Waals surface area contributed by atoms with E-state index in [9.17, 15) is 4.79 Å². The Morgan fingerprint density at radius 2 is 1.56 bits per heavy atom. The molecule has 2 N–H and O–H groups in total. The van der Waals surface area contributed by atoms with Crippen molar-refractivity contribution in [3.05, 3.63) is 58.6 Å². The van der Waals surface area contributed by atoms with E-state index in [0.717, 1.165) is 17.5 Å². The van der Waals surface area contributed by atoms with Crippen molar-refractivity contribution < 1.29 is 14.3 Å². The number of hydrogen-bond acceptors (Lipinski definition) is 3. The Balaban J connectivity index is 1.70. The molecule has 0 spiro atoms. The molecule has 0 heterocycles. The van der Waals surface area contributed by atoms with E-state index in [2.05, 4.69) is 10.6 Å². The van der Waals surface area contributed by atoms with Gasteiger partial charge in [-0.1, -0.05) is 29.8 Å². The van der Waals surface area contributed by atoms with Gasteiger partial charge in [-0.3, -0.25) is 0 Å². The second-order valence-corrected chi connectivity index (χ2v) is 5.94. The van der Waals surface area contributed by atoms with Crippen LogP contribution in [0.15, 0.2) is 42.5 Å². The third-order valence-electron chi connectivity index (χ3n) is 3.74. The van der Waals surface area contributed by atoms with Gasteiger partial charge in [-0.05, 0) is 48.2 Å². The third-order valence-corrected chi connectivity index (χ3v) is 3.97. The molecule has 6 heteroatoms. The number of urea groups is 1. The summed E-state index contributed by atoms with van der Waals surface area (Å²) in [6.07, 6.45) is 1.45. The summed E-state index contributed by atoms with van der Waals surface area (Å²) in [5, 5.41) is 6.39. The molecule has 0 aliphatic heterocycles. The molecule has 0 bridgehead atoms. The molecule has 0 saturated carbocycles. The van der Waals surface area contributed by atoms with Crippen molar-refractivity contribution in [2.75, 3.05) is 27.3 Å². The fraction of sp³-hybridized carbons (Fsp3) is 0.316. The zero-order chi connectivity index (χ0) is 18.1. The lowest BCUT2D eigenvalue weighted by molar-refractivity contribution is 0.241. The topological polar surface area (TPSA) is 59.6 Å². The average Bonchev–Trinajstić information content (AvgIpc) is 2.61. The highest BCUT2D eigenvalue weighted by molar-refractivity contribution is 6.30. The van der Waals surface area contributed by atoms with Crippen LogP contribution >= 0.6 is 11.6 Å². The van der Waals surface area contributed by atoms with E-state index in [1.54, 1.807) is 14.2 Å². The first-order valence-corrected chi connectivity index (χ1v) is 8.47. The van der Waals surface area contributed by atoms with Gasteiger partial charge in [0.05, 0.1) is 14.2 Å². The number of rotatable bonds is 8. The van der Waals surface area contributed by atoms with Gasteiger partial charge >= 0.3 is 6.03 Å². The highest BCUT2D eigenvalue weighted by atomic mass is 35.5. The molecule has 2 rings (SSSR count). The van der Waals surface area contributed by atoms with Gasteiger partial charge in [-0.15, -0.1) is 0 Å². The molecule has 2 aromatic carbocycles. The van der Waals surface area contributed by atoms with Crippen LogP contribution in [0.25, 0.3) is 0 Å². The number of ether oxygens (including phenoxy) is 2. The van der Waals surface area contributed by atoms with Gasteiger partial charge in [0.1, 0.15) is 0 Å². The number of carbonyl (C=O) groups excluding carboxylic acids is 1. The monoisotopic (exact) mass is 362 g/mol. The average molecular weight is 363 g/mol. The molecule has 2 aromatic rings. The predicted octanol–water partition coefficient (Wildman–Crippen LogP) is 3.44. The smallest absolute Gasteiger partial charge is 0.314 e. The number of carbonyl (C=O) groups is 1. The number of methoxy groups -OCH3 is 2. The number of benzene rings is 2. The van der Waals surface area contributed by atoms with E-state index in [0.29, 0.717) is 36.0 Å². The molecule has 134 valence electrons. The van der Waals surface area contributed by atoms with Crippen LogP contribution in [0.2, 0.25) is 5.02 Å². The summed E-state index contributed by atoms with van der Waals surface area (Å²) in [5.41, 5.74) is 2.16. The van der Waals surface area contributed by atoms with Crippen LogP contribution < -0.4 is 20.1 Å². The summed E-state index contributed by atoms with van der Waals surface area (Å²) in [7, 11) is 3.21. The molecule has 25 heavy (non-hydrogen) atoms. The molecular formula is C19H23ClN2O3. The Morgan fingerprint density at radius 1 is 0.920 bits per heavy atom. The first kappa shape index (κ1) is 18.9. The highest BCUT2D eigenvalue weighted by Gasteiger charge is 2.05. The third kappa shape index (κ3) is 6.19. The Hall–Kier alpha value is -2.40. The normalized spacial score (nSPS) is 10.2. The maximum Gasteiger partial charge on any atom is 0.314 e. The maximum atomic E-state index is 11.8. The fourth-order valence-corrected chi connectivity index (χ4v) is 2.64. The van der Waals surface area contributed by atoms with Crippen molar-refractivity contribution in [1.29, 1.82) is 0 Å². The van der Waals surface area contributed by atoms with Gasteiger partial charge in [0, 0.05) is 18.1 Å². The summed E-state index contributed by atoms with van der Waals surface area (Å²) in [6.45, 7) is 1.10. The molecule has 2 amide bonds. The lowest BCUT2D eigenvalue weighted by Crippen LogP contribution is -2.37. The minimum absolute atomic E-state index is 0.178. The quantitative estimate of drug-likeness (QED) is 0.756. The van der Waals surface area contributed by atoms with E-state index in [4.69, 9.17) is 21.1 Å². The molecule has 0 radical (unpaired) electrons. The van der Waals surface area contributed by atoms with Gasteiger partial charge in [-0.25, -0.2) is 4.79 Å². The molecule has 0 aliphatic carbocycles. The Morgan fingerprint density at radius 3 is 2.16 bits per heavy atom. The van der Waals surface area contributed by atoms with Crippen molar-refractivity contribution in [2.45, 2.75) is 12.8 Å². The minimum atomic E-state index is -0.178. The van der Waals surface area contributed by atoms with Gasteiger partial charge in [-0.2, -0.15) is 0 Å². The highest BCUT2D eigenvalue weighted by Crippen LogP contribution is 2.27. The molecule has 0 unspecified atom stereocenters. The molecule has 0 aliphatic rings. The fourth-order valence-electron chi connectivity index (χ4n) is 2.43.